The number of nitrogens with zero attached hydrogens (tertiary/aromatic N) is 3. The van der Waals surface area contributed by atoms with Gasteiger partial charge in [-0.1, -0.05) is 18.5 Å². The van der Waals surface area contributed by atoms with Crippen molar-refractivity contribution >= 4 is 11.6 Å². The van der Waals surface area contributed by atoms with Crippen LogP contribution in [0.2, 0.25) is 5.02 Å². The highest BCUT2D eigenvalue weighted by Gasteiger charge is 2.21. The molecule has 1 aliphatic heterocycles. The Hall–Kier alpha value is -0.640. The van der Waals surface area contributed by atoms with Gasteiger partial charge >= 0.3 is 0 Å². The van der Waals surface area contributed by atoms with E-state index >= 15 is 0 Å². The maximum absolute atomic E-state index is 5.99. The molecule has 100 valence electrons. The van der Waals surface area contributed by atoms with E-state index in [9.17, 15) is 0 Å². The first kappa shape index (κ1) is 13.8. The first-order valence-corrected chi connectivity index (χ1v) is 7.10. The van der Waals surface area contributed by atoms with Crippen LogP contribution in [0.5, 0.6) is 0 Å². The van der Waals surface area contributed by atoms with Gasteiger partial charge in [0.2, 0.25) is 0 Å². The lowest BCUT2D eigenvalue weighted by Crippen LogP contribution is -2.43. The SMILES string of the molecule is CCN1CCC(N(C)Cc2cc(Cl)ccn2)CC1. The maximum atomic E-state index is 5.99. The molecule has 1 saturated heterocycles. The Kier molecular flexibility index (Phi) is 4.98. The van der Waals surface area contributed by atoms with E-state index in [1.165, 1.54) is 32.5 Å². The van der Waals surface area contributed by atoms with Crippen LogP contribution in [0.3, 0.4) is 0 Å². The summed E-state index contributed by atoms with van der Waals surface area (Å²) in [7, 11) is 2.19. The van der Waals surface area contributed by atoms with Gasteiger partial charge in [0.1, 0.15) is 0 Å². The summed E-state index contributed by atoms with van der Waals surface area (Å²) in [6.07, 6.45) is 4.29. The second-order valence-electron chi connectivity index (χ2n) is 5.05. The standard InChI is InChI=1S/C14H22ClN3/c1-3-18-8-5-14(6-9-18)17(2)11-13-10-12(15)4-7-16-13/h4,7,10,14H,3,5-6,8-9,11H2,1-2H3. The Balaban J connectivity index is 1.87. The molecule has 2 rings (SSSR count). The molecular weight excluding hydrogens is 246 g/mol. The van der Waals surface area contributed by atoms with Gasteiger partial charge in [0.15, 0.2) is 0 Å². The van der Waals surface area contributed by atoms with E-state index in [0.29, 0.717) is 6.04 Å². The van der Waals surface area contributed by atoms with Gasteiger partial charge in [-0.25, -0.2) is 0 Å². The summed E-state index contributed by atoms with van der Waals surface area (Å²) < 4.78 is 0. The molecule has 0 N–H and O–H groups in total. The van der Waals surface area contributed by atoms with E-state index in [1.54, 1.807) is 6.20 Å². The quantitative estimate of drug-likeness (QED) is 0.836. The Morgan fingerprint density at radius 2 is 2.17 bits per heavy atom. The molecule has 0 unspecified atom stereocenters. The maximum Gasteiger partial charge on any atom is 0.0558 e. The third-order valence-corrected chi connectivity index (χ3v) is 4.05. The Morgan fingerprint density at radius 3 is 2.78 bits per heavy atom. The number of piperidine rings is 1. The summed E-state index contributed by atoms with van der Waals surface area (Å²) >= 11 is 5.99. The van der Waals surface area contributed by atoms with Crippen LogP contribution in [0.25, 0.3) is 0 Å². The highest BCUT2D eigenvalue weighted by atomic mass is 35.5. The lowest BCUT2D eigenvalue weighted by Gasteiger charge is -2.36. The van der Waals surface area contributed by atoms with Crippen LogP contribution in [0.4, 0.5) is 0 Å². The third-order valence-electron chi connectivity index (χ3n) is 3.82. The summed E-state index contributed by atoms with van der Waals surface area (Å²) in [5.41, 5.74) is 1.06. The van der Waals surface area contributed by atoms with E-state index < -0.39 is 0 Å². The van der Waals surface area contributed by atoms with Crippen LogP contribution >= 0.6 is 11.6 Å². The smallest absolute Gasteiger partial charge is 0.0558 e. The molecule has 1 aliphatic rings. The zero-order chi connectivity index (χ0) is 13.0. The number of likely N-dealkylation sites (tertiary alicyclic amines) is 1. The predicted octanol–water partition coefficient (Wildman–Crippen LogP) is 2.65. The van der Waals surface area contributed by atoms with Crippen LogP contribution < -0.4 is 0 Å². The monoisotopic (exact) mass is 267 g/mol. The zero-order valence-electron chi connectivity index (χ0n) is 11.3. The summed E-state index contributed by atoms with van der Waals surface area (Å²) in [5.74, 6) is 0. The molecule has 0 atom stereocenters. The van der Waals surface area contributed by atoms with Crippen molar-refractivity contribution in [1.29, 1.82) is 0 Å². The molecule has 1 fully saturated rings. The van der Waals surface area contributed by atoms with Crippen LogP contribution in [0.1, 0.15) is 25.5 Å². The van der Waals surface area contributed by atoms with E-state index in [-0.39, 0.29) is 0 Å². The van der Waals surface area contributed by atoms with Crippen molar-refractivity contribution in [2.75, 3.05) is 26.7 Å². The summed E-state index contributed by atoms with van der Waals surface area (Å²) in [6.45, 7) is 6.73. The molecule has 0 aliphatic carbocycles. The number of pyridine rings is 1. The fourth-order valence-electron chi connectivity index (χ4n) is 2.60. The molecular formula is C14H22ClN3. The molecule has 2 heterocycles. The molecule has 0 radical (unpaired) electrons. The average molecular weight is 268 g/mol. The van der Waals surface area contributed by atoms with Gasteiger partial charge in [-0.2, -0.15) is 0 Å². The second-order valence-corrected chi connectivity index (χ2v) is 5.48. The van der Waals surface area contributed by atoms with Crippen molar-refractivity contribution in [3.63, 3.8) is 0 Å². The molecule has 18 heavy (non-hydrogen) atoms. The first-order valence-electron chi connectivity index (χ1n) is 6.72. The molecule has 1 aromatic heterocycles. The Bertz CT molecular complexity index is 375. The van der Waals surface area contributed by atoms with Gasteiger partial charge < -0.3 is 4.90 Å². The third kappa shape index (κ3) is 3.67. The van der Waals surface area contributed by atoms with Crippen molar-refractivity contribution in [1.82, 2.24) is 14.8 Å². The molecule has 3 nitrogen and oxygen atoms in total. The normalized spacial score (nSPS) is 18.4. The van der Waals surface area contributed by atoms with Gasteiger partial charge in [-0.05, 0) is 51.7 Å². The average Bonchev–Trinajstić information content (AvgIpc) is 2.39. The van der Waals surface area contributed by atoms with E-state index in [1.807, 2.05) is 12.1 Å². The summed E-state index contributed by atoms with van der Waals surface area (Å²) in [6, 6.07) is 4.46. The summed E-state index contributed by atoms with van der Waals surface area (Å²) in [4.78, 5) is 9.29. The van der Waals surface area contributed by atoms with Crippen molar-refractivity contribution in [2.24, 2.45) is 0 Å². The van der Waals surface area contributed by atoms with Gasteiger partial charge in [0.05, 0.1) is 5.69 Å². The second kappa shape index (κ2) is 6.50. The molecule has 0 saturated carbocycles. The molecule has 4 heteroatoms. The van der Waals surface area contributed by atoms with Gasteiger partial charge in [-0.15, -0.1) is 0 Å². The minimum absolute atomic E-state index is 0.675. The number of hydrogen-bond donors (Lipinski definition) is 0. The zero-order valence-corrected chi connectivity index (χ0v) is 12.0. The molecule has 0 bridgehead atoms. The van der Waals surface area contributed by atoms with Gasteiger partial charge in [0, 0.05) is 23.8 Å². The van der Waals surface area contributed by atoms with E-state index in [2.05, 4.69) is 28.8 Å². The minimum Gasteiger partial charge on any atom is -0.303 e. The Morgan fingerprint density at radius 1 is 1.44 bits per heavy atom. The minimum atomic E-state index is 0.675. The van der Waals surface area contributed by atoms with Crippen molar-refractivity contribution < 1.29 is 0 Å². The molecule has 1 aromatic rings. The lowest BCUT2D eigenvalue weighted by atomic mass is 10.0. The molecule has 0 aromatic carbocycles. The highest BCUT2D eigenvalue weighted by molar-refractivity contribution is 6.30. The number of aromatic nitrogens is 1. The number of halogens is 1. The highest BCUT2D eigenvalue weighted by Crippen LogP contribution is 2.17. The van der Waals surface area contributed by atoms with Crippen LogP contribution in [0, 0.1) is 0 Å². The number of hydrogen-bond acceptors (Lipinski definition) is 3. The molecule has 0 amide bonds. The lowest BCUT2D eigenvalue weighted by molar-refractivity contribution is 0.126. The Labute approximate surface area is 115 Å². The largest absolute Gasteiger partial charge is 0.303 e. The van der Waals surface area contributed by atoms with Crippen molar-refractivity contribution in [2.45, 2.75) is 32.4 Å². The van der Waals surface area contributed by atoms with Gasteiger partial charge in [-0.3, -0.25) is 9.88 Å². The van der Waals surface area contributed by atoms with Crippen molar-refractivity contribution in [3.05, 3.63) is 29.0 Å². The summed E-state index contributed by atoms with van der Waals surface area (Å²) in [5, 5.41) is 0.772. The van der Waals surface area contributed by atoms with Crippen LogP contribution in [0.15, 0.2) is 18.3 Å². The van der Waals surface area contributed by atoms with Gasteiger partial charge in [0.25, 0.3) is 0 Å². The van der Waals surface area contributed by atoms with Crippen LogP contribution in [-0.2, 0) is 6.54 Å². The van der Waals surface area contributed by atoms with Crippen LogP contribution in [-0.4, -0.2) is 47.5 Å². The van der Waals surface area contributed by atoms with Crippen molar-refractivity contribution in [3.8, 4) is 0 Å². The number of rotatable bonds is 4. The fourth-order valence-corrected chi connectivity index (χ4v) is 2.78. The van der Waals surface area contributed by atoms with E-state index in [0.717, 1.165) is 17.3 Å². The first-order chi connectivity index (χ1) is 8.69. The predicted molar refractivity (Wildman–Crippen MR) is 75.9 cm³/mol. The topological polar surface area (TPSA) is 19.4 Å². The van der Waals surface area contributed by atoms with E-state index in [4.69, 9.17) is 11.6 Å². The fraction of sp³-hybridized carbons (Fsp3) is 0.643. The molecule has 0 spiro atoms.